The maximum atomic E-state index is 13.4. The van der Waals surface area contributed by atoms with Crippen LogP contribution in [0.4, 0.5) is 4.39 Å². The van der Waals surface area contributed by atoms with Gasteiger partial charge in [0.15, 0.2) is 6.17 Å². The standard InChI is InChI=1S/C8H15FN2O4/c1-3(13)11-6-7(14)5(9)4(2-12)15-8(6)10/h4-8,12,14H,2,10H2,1H3,(H,11,13)/t4-,5-,6-,7+,8?/m1/s1. The Balaban J connectivity index is 2.70. The Kier molecular flexibility index (Phi) is 3.97. The van der Waals surface area contributed by atoms with Gasteiger partial charge >= 0.3 is 0 Å². The highest BCUT2D eigenvalue weighted by Gasteiger charge is 2.44. The molecule has 88 valence electrons. The highest BCUT2D eigenvalue weighted by Crippen LogP contribution is 2.21. The number of rotatable bonds is 2. The number of nitrogens with one attached hydrogen (secondary N) is 1. The Morgan fingerprint density at radius 1 is 1.67 bits per heavy atom. The van der Waals surface area contributed by atoms with Crippen LogP contribution in [0.25, 0.3) is 0 Å². The summed E-state index contributed by atoms with van der Waals surface area (Å²) in [6.45, 7) is 0.656. The van der Waals surface area contributed by atoms with E-state index in [-0.39, 0.29) is 0 Å². The molecule has 1 saturated heterocycles. The molecule has 1 amide bonds. The minimum absolute atomic E-state index is 0.437. The van der Waals surface area contributed by atoms with Crippen LogP contribution in [-0.2, 0) is 9.53 Å². The zero-order valence-electron chi connectivity index (χ0n) is 8.26. The van der Waals surface area contributed by atoms with E-state index >= 15 is 0 Å². The van der Waals surface area contributed by atoms with Crippen LogP contribution in [-0.4, -0.2) is 53.4 Å². The third kappa shape index (κ3) is 2.63. The third-order valence-corrected chi connectivity index (χ3v) is 2.29. The number of ether oxygens (including phenoxy) is 1. The predicted octanol–water partition coefficient (Wildman–Crippen LogP) is -2.13. The first kappa shape index (κ1) is 12.3. The normalized spacial score (nSPS) is 41.3. The van der Waals surface area contributed by atoms with Crippen LogP contribution in [0, 0.1) is 0 Å². The lowest BCUT2D eigenvalue weighted by molar-refractivity contribution is -0.173. The van der Waals surface area contributed by atoms with Gasteiger partial charge < -0.3 is 26.0 Å². The molecule has 0 aromatic rings. The largest absolute Gasteiger partial charge is 0.394 e. The number of aliphatic hydroxyl groups excluding tert-OH is 2. The van der Waals surface area contributed by atoms with Crippen molar-refractivity contribution in [3.8, 4) is 0 Å². The second-order valence-corrected chi connectivity index (χ2v) is 3.48. The maximum Gasteiger partial charge on any atom is 0.217 e. The maximum absolute atomic E-state index is 13.4. The van der Waals surface area contributed by atoms with Crippen molar-refractivity contribution >= 4 is 5.91 Å². The number of nitrogens with two attached hydrogens (primary N) is 1. The minimum Gasteiger partial charge on any atom is -0.394 e. The number of hydrogen-bond acceptors (Lipinski definition) is 5. The van der Waals surface area contributed by atoms with Gasteiger partial charge in [-0.05, 0) is 0 Å². The molecule has 0 aromatic heterocycles. The molecule has 0 saturated carbocycles. The van der Waals surface area contributed by atoms with E-state index in [1.165, 1.54) is 6.92 Å². The van der Waals surface area contributed by atoms with Crippen molar-refractivity contribution in [1.29, 1.82) is 0 Å². The molecule has 6 nitrogen and oxygen atoms in total. The topological polar surface area (TPSA) is 105 Å². The van der Waals surface area contributed by atoms with Gasteiger partial charge in [-0.3, -0.25) is 4.79 Å². The van der Waals surface area contributed by atoms with Crippen molar-refractivity contribution in [2.24, 2.45) is 5.73 Å². The average molecular weight is 222 g/mol. The highest BCUT2D eigenvalue weighted by atomic mass is 19.1. The van der Waals surface area contributed by atoms with Crippen molar-refractivity contribution in [3.05, 3.63) is 0 Å². The molecule has 1 heterocycles. The number of halogens is 1. The van der Waals surface area contributed by atoms with Crippen LogP contribution in [0.1, 0.15) is 6.92 Å². The number of hydrogen-bond donors (Lipinski definition) is 4. The number of alkyl halides is 1. The minimum atomic E-state index is -1.77. The molecule has 5 atom stereocenters. The fourth-order valence-electron chi connectivity index (χ4n) is 1.52. The average Bonchev–Trinajstić information content (AvgIpc) is 2.18. The molecule has 1 rings (SSSR count). The van der Waals surface area contributed by atoms with E-state index < -0.39 is 43.2 Å². The number of amides is 1. The molecular weight excluding hydrogens is 207 g/mol. The zero-order chi connectivity index (χ0) is 11.6. The van der Waals surface area contributed by atoms with E-state index in [0.717, 1.165) is 0 Å². The fraction of sp³-hybridized carbons (Fsp3) is 0.875. The van der Waals surface area contributed by atoms with Gasteiger partial charge in [-0.2, -0.15) is 0 Å². The van der Waals surface area contributed by atoms with E-state index in [4.69, 9.17) is 15.6 Å². The first-order chi connectivity index (χ1) is 6.97. The lowest BCUT2D eigenvalue weighted by Crippen LogP contribution is -2.65. The van der Waals surface area contributed by atoms with E-state index in [1.54, 1.807) is 0 Å². The van der Waals surface area contributed by atoms with Crippen LogP contribution in [0.5, 0.6) is 0 Å². The Hall–Kier alpha value is -0.760. The van der Waals surface area contributed by atoms with Crippen molar-refractivity contribution in [2.75, 3.05) is 6.61 Å². The predicted molar refractivity (Wildman–Crippen MR) is 48.4 cm³/mol. The van der Waals surface area contributed by atoms with Gasteiger partial charge in [0.2, 0.25) is 5.91 Å². The van der Waals surface area contributed by atoms with Gasteiger partial charge in [0.25, 0.3) is 0 Å². The quantitative estimate of drug-likeness (QED) is 0.427. The summed E-state index contributed by atoms with van der Waals surface area (Å²) >= 11 is 0. The molecule has 7 heteroatoms. The van der Waals surface area contributed by atoms with Crippen molar-refractivity contribution in [3.63, 3.8) is 0 Å². The SMILES string of the molecule is CC(=O)N[C@H]1C(N)O[C@H](CO)[C@@H](F)[C@@H]1O. The summed E-state index contributed by atoms with van der Waals surface area (Å²) in [4.78, 5) is 10.8. The van der Waals surface area contributed by atoms with Gasteiger partial charge in [-0.1, -0.05) is 0 Å². The summed E-state index contributed by atoms with van der Waals surface area (Å²) in [5.41, 5.74) is 5.47. The Bertz CT molecular complexity index is 241. The lowest BCUT2D eigenvalue weighted by Gasteiger charge is -2.39. The lowest BCUT2D eigenvalue weighted by atomic mass is 9.97. The van der Waals surface area contributed by atoms with Crippen molar-refractivity contribution < 1.29 is 24.1 Å². The summed E-state index contributed by atoms with van der Waals surface area (Å²) in [7, 11) is 0. The Morgan fingerprint density at radius 2 is 2.27 bits per heavy atom. The van der Waals surface area contributed by atoms with Crippen LogP contribution in [0.15, 0.2) is 0 Å². The van der Waals surface area contributed by atoms with Crippen LogP contribution < -0.4 is 11.1 Å². The second-order valence-electron chi connectivity index (χ2n) is 3.48. The van der Waals surface area contributed by atoms with Crippen molar-refractivity contribution in [1.82, 2.24) is 5.32 Å². The summed E-state index contributed by atoms with van der Waals surface area (Å²) in [5, 5.41) is 20.5. The molecule has 0 bridgehead atoms. The molecular formula is C8H15FN2O4. The molecule has 1 fully saturated rings. The van der Waals surface area contributed by atoms with Crippen LogP contribution >= 0.6 is 0 Å². The summed E-state index contributed by atoms with van der Waals surface area (Å²) in [5.74, 6) is -0.437. The second kappa shape index (κ2) is 4.84. The molecule has 5 N–H and O–H groups in total. The van der Waals surface area contributed by atoms with Gasteiger partial charge in [0.1, 0.15) is 18.4 Å². The molecule has 1 aliphatic rings. The molecule has 1 unspecified atom stereocenters. The van der Waals surface area contributed by atoms with E-state index in [9.17, 15) is 14.3 Å². The summed E-state index contributed by atoms with van der Waals surface area (Å²) in [6, 6.07) is -1.000. The Morgan fingerprint density at radius 3 is 2.73 bits per heavy atom. The van der Waals surface area contributed by atoms with Crippen molar-refractivity contribution in [2.45, 2.75) is 37.6 Å². The smallest absolute Gasteiger partial charge is 0.217 e. The Labute approximate surface area is 86.2 Å². The summed E-state index contributed by atoms with van der Waals surface area (Å²) in [6.07, 6.45) is -5.44. The molecule has 15 heavy (non-hydrogen) atoms. The first-order valence-corrected chi connectivity index (χ1v) is 4.58. The highest BCUT2D eigenvalue weighted by molar-refractivity contribution is 5.73. The molecule has 0 aliphatic carbocycles. The number of carbonyl (C=O) groups is 1. The summed E-state index contributed by atoms with van der Waals surface area (Å²) < 4.78 is 18.3. The van der Waals surface area contributed by atoms with E-state index in [2.05, 4.69) is 5.32 Å². The molecule has 0 spiro atoms. The zero-order valence-corrected chi connectivity index (χ0v) is 8.26. The van der Waals surface area contributed by atoms with Gasteiger partial charge in [-0.25, -0.2) is 4.39 Å². The molecule has 0 radical (unpaired) electrons. The van der Waals surface area contributed by atoms with Gasteiger partial charge in [0, 0.05) is 6.92 Å². The van der Waals surface area contributed by atoms with Gasteiger partial charge in [-0.15, -0.1) is 0 Å². The first-order valence-electron chi connectivity index (χ1n) is 4.58. The van der Waals surface area contributed by atoms with E-state index in [0.29, 0.717) is 0 Å². The third-order valence-electron chi connectivity index (χ3n) is 2.29. The van der Waals surface area contributed by atoms with E-state index in [1.807, 2.05) is 0 Å². The number of carbonyl (C=O) groups excluding carboxylic acids is 1. The number of aliphatic hydroxyl groups is 2. The molecule has 0 aromatic carbocycles. The van der Waals surface area contributed by atoms with Crippen LogP contribution in [0.3, 0.4) is 0 Å². The van der Waals surface area contributed by atoms with Gasteiger partial charge in [0.05, 0.1) is 12.6 Å². The van der Waals surface area contributed by atoms with Crippen LogP contribution in [0.2, 0.25) is 0 Å². The monoisotopic (exact) mass is 222 g/mol. The molecule has 1 aliphatic heterocycles. The fourth-order valence-corrected chi connectivity index (χ4v) is 1.52.